The van der Waals surface area contributed by atoms with Gasteiger partial charge in [0, 0.05) is 22.4 Å². The van der Waals surface area contributed by atoms with E-state index in [2.05, 4.69) is 36.5 Å². The summed E-state index contributed by atoms with van der Waals surface area (Å²) in [5.41, 5.74) is 0. The molecule has 0 aliphatic rings. The molecule has 0 spiro atoms. The third-order valence-corrected chi connectivity index (χ3v) is 4.19. The molecular formula is C15H19Cl2NOS. The molecule has 2 aromatic rings. The number of thiophene rings is 1. The number of halogens is 2. The van der Waals surface area contributed by atoms with E-state index in [1.807, 2.05) is 24.3 Å². The van der Waals surface area contributed by atoms with Crippen LogP contribution >= 0.6 is 35.3 Å². The van der Waals surface area contributed by atoms with Crippen molar-refractivity contribution in [3.05, 3.63) is 51.7 Å². The Morgan fingerprint density at radius 2 is 1.90 bits per heavy atom. The molecule has 1 aromatic heterocycles. The number of hydrogen-bond acceptors (Lipinski definition) is 3. The number of ether oxygens (including phenoxy) is 1. The predicted molar refractivity (Wildman–Crippen MR) is 89.6 cm³/mol. The smallest absolute Gasteiger partial charge is 0.119 e. The van der Waals surface area contributed by atoms with Crippen LogP contribution in [0.3, 0.4) is 0 Å². The molecule has 0 fully saturated rings. The fraction of sp³-hybridized carbons (Fsp3) is 0.333. The van der Waals surface area contributed by atoms with Crippen molar-refractivity contribution in [1.82, 2.24) is 4.90 Å². The molecule has 1 heterocycles. The van der Waals surface area contributed by atoms with Gasteiger partial charge in [0.2, 0.25) is 0 Å². The maximum atomic E-state index is 5.84. The van der Waals surface area contributed by atoms with Gasteiger partial charge < -0.3 is 9.64 Å². The van der Waals surface area contributed by atoms with Crippen LogP contribution in [0, 0.1) is 0 Å². The summed E-state index contributed by atoms with van der Waals surface area (Å²) >= 11 is 7.64. The van der Waals surface area contributed by atoms with Crippen LogP contribution < -0.4 is 4.74 Å². The Bertz CT molecular complexity index is 485. The van der Waals surface area contributed by atoms with Gasteiger partial charge in [-0.25, -0.2) is 0 Å². The van der Waals surface area contributed by atoms with Crippen molar-refractivity contribution in [2.24, 2.45) is 0 Å². The summed E-state index contributed by atoms with van der Waals surface area (Å²) in [4.78, 5) is 3.61. The minimum absolute atomic E-state index is 0. The fourth-order valence-electron chi connectivity index (χ4n) is 1.96. The van der Waals surface area contributed by atoms with Crippen LogP contribution in [0.1, 0.15) is 17.3 Å². The van der Waals surface area contributed by atoms with Crippen LogP contribution in [0.5, 0.6) is 5.75 Å². The molecule has 0 saturated carbocycles. The standard InChI is InChI=1S/C15H18ClNOS.ClH/c1-17(2)14(15-4-3-11-19-15)9-10-18-13-7-5-12(16)6-8-13;/h3-8,11,14H,9-10H2,1-2H3;1H. The summed E-state index contributed by atoms with van der Waals surface area (Å²) in [7, 11) is 4.21. The number of rotatable bonds is 6. The first kappa shape index (κ1) is 17.3. The first-order valence-electron chi connectivity index (χ1n) is 6.25. The van der Waals surface area contributed by atoms with Crippen molar-refractivity contribution in [2.75, 3.05) is 20.7 Å². The van der Waals surface area contributed by atoms with E-state index in [0.717, 1.165) is 17.2 Å². The molecule has 1 aromatic carbocycles. The molecule has 1 atom stereocenters. The van der Waals surface area contributed by atoms with E-state index in [9.17, 15) is 0 Å². The topological polar surface area (TPSA) is 12.5 Å². The molecule has 20 heavy (non-hydrogen) atoms. The van der Waals surface area contributed by atoms with Gasteiger partial charge in [-0.1, -0.05) is 17.7 Å². The molecule has 5 heteroatoms. The molecule has 0 aliphatic heterocycles. The Labute approximate surface area is 135 Å². The van der Waals surface area contributed by atoms with Crippen molar-refractivity contribution in [2.45, 2.75) is 12.5 Å². The summed E-state index contributed by atoms with van der Waals surface area (Å²) in [5.74, 6) is 0.869. The minimum atomic E-state index is 0. The summed E-state index contributed by atoms with van der Waals surface area (Å²) in [6.07, 6.45) is 0.968. The summed E-state index contributed by atoms with van der Waals surface area (Å²) < 4.78 is 5.76. The highest BCUT2D eigenvalue weighted by Crippen LogP contribution is 2.26. The second-order valence-corrected chi connectivity index (χ2v) is 6.00. The maximum Gasteiger partial charge on any atom is 0.119 e. The van der Waals surface area contributed by atoms with Gasteiger partial charge in [-0.3, -0.25) is 0 Å². The largest absolute Gasteiger partial charge is 0.494 e. The average Bonchev–Trinajstić information content (AvgIpc) is 2.90. The third-order valence-electron chi connectivity index (χ3n) is 2.97. The Hall–Kier alpha value is -0.740. The molecular weight excluding hydrogens is 313 g/mol. The van der Waals surface area contributed by atoms with Crippen LogP contribution in [-0.2, 0) is 0 Å². The van der Waals surface area contributed by atoms with Crippen LogP contribution in [-0.4, -0.2) is 25.6 Å². The van der Waals surface area contributed by atoms with Crippen molar-refractivity contribution >= 4 is 35.3 Å². The molecule has 2 nitrogen and oxygen atoms in total. The zero-order valence-electron chi connectivity index (χ0n) is 11.6. The van der Waals surface area contributed by atoms with Crippen molar-refractivity contribution in [1.29, 1.82) is 0 Å². The summed E-state index contributed by atoms with van der Waals surface area (Å²) in [6, 6.07) is 12.2. The minimum Gasteiger partial charge on any atom is -0.494 e. The van der Waals surface area contributed by atoms with Crippen LogP contribution in [0.2, 0.25) is 5.02 Å². The molecule has 0 N–H and O–H groups in total. The van der Waals surface area contributed by atoms with E-state index in [0.29, 0.717) is 12.6 Å². The van der Waals surface area contributed by atoms with E-state index in [-0.39, 0.29) is 12.4 Å². The molecule has 2 rings (SSSR count). The predicted octanol–water partition coefficient (Wildman–Crippen LogP) is 4.90. The SMILES string of the molecule is CN(C)C(CCOc1ccc(Cl)cc1)c1cccs1.Cl. The van der Waals surface area contributed by atoms with Crippen molar-refractivity contribution in [3.8, 4) is 5.75 Å². The quantitative estimate of drug-likeness (QED) is 0.746. The van der Waals surface area contributed by atoms with Gasteiger partial charge in [-0.05, 0) is 49.8 Å². The highest BCUT2D eigenvalue weighted by Gasteiger charge is 2.14. The molecule has 0 aliphatic carbocycles. The first-order chi connectivity index (χ1) is 9.16. The van der Waals surface area contributed by atoms with Crippen molar-refractivity contribution in [3.63, 3.8) is 0 Å². The molecule has 1 unspecified atom stereocenters. The van der Waals surface area contributed by atoms with Gasteiger partial charge >= 0.3 is 0 Å². The maximum absolute atomic E-state index is 5.84. The van der Waals surface area contributed by atoms with Gasteiger partial charge in [0.15, 0.2) is 0 Å². The molecule has 0 bridgehead atoms. The Balaban J connectivity index is 0.00000200. The van der Waals surface area contributed by atoms with Gasteiger partial charge in [0.25, 0.3) is 0 Å². The van der Waals surface area contributed by atoms with Gasteiger partial charge in [0.1, 0.15) is 5.75 Å². The van der Waals surface area contributed by atoms with E-state index >= 15 is 0 Å². The zero-order valence-corrected chi connectivity index (χ0v) is 14.0. The average molecular weight is 332 g/mol. The second-order valence-electron chi connectivity index (χ2n) is 4.59. The van der Waals surface area contributed by atoms with E-state index in [4.69, 9.17) is 16.3 Å². The van der Waals surface area contributed by atoms with Gasteiger partial charge in [0.05, 0.1) is 6.61 Å². The summed E-state index contributed by atoms with van der Waals surface area (Å²) in [6.45, 7) is 0.697. The van der Waals surface area contributed by atoms with Crippen LogP contribution in [0.25, 0.3) is 0 Å². The lowest BCUT2D eigenvalue weighted by Gasteiger charge is -2.23. The summed E-state index contributed by atoms with van der Waals surface area (Å²) in [5, 5.41) is 2.85. The molecule has 0 saturated heterocycles. The van der Waals surface area contributed by atoms with Crippen molar-refractivity contribution < 1.29 is 4.74 Å². The highest BCUT2D eigenvalue weighted by atomic mass is 35.5. The molecule has 110 valence electrons. The molecule has 0 radical (unpaired) electrons. The Morgan fingerprint density at radius 3 is 2.45 bits per heavy atom. The third kappa shape index (κ3) is 4.98. The van der Waals surface area contributed by atoms with E-state index in [1.165, 1.54) is 4.88 Å². The van der Waals surface area contributed by atoms with E-state index < -0.39 is 0 Å². The lowest BCUT2D eigenvalue weighted by molar-refractivity contribution is 0.226. The highest BCUT2D eigenvalue weighted by molar-refractivity contribution is 7.10. The molecule has 0 amide bonds. The van der Waals surface area contributed by atoms with Crippen LogP contribution in [0.15, 0.2) is 41.8 Å². The lowest BCUT2D eigenvalue weighted by Crippen LogP contribution is -2.21. The zero-order chi connectivity index (χ0) is 13.7. The van der Waals surface area contributed by atoms with E-state index in [1.54, 1.807) is 11.3 Å². The lowest BCUT2D eigenvalue weighted by atomic mass is 10.1. The number of hydrogen-bond donors (Lipinski definition) is 0. The first-order valence-corrected chi connectivity index (χ1v) is 7.51. The normalized spacial score (nSPS) is 12.0. The number of nitrogens with zero attached hydrogens (tertiary/aromatic N) is 1. The van der Waals surface area contributed by atoms with Gasteiger partial charge in [-0.15, -0.1) is 23.7 Å². The Kier molecular flexibility index (Phi) is 7.38. The Morgan fingerprint density at radius 1 is 1.20 bits per heavy atom. The second kappa shape index (κ2) is 8.53. The van der Waals surface area contributed by atoms with Gasteiger partial charge in [-0.2, -0.15) is 0 Å². The fourth-order valence-corrected chi connectivity index (χ4v) is 3.04. The number of benzene rings is 1. The monoisotopic (exact) mass is 331 g/mol. The van der Waals surface area contributed by atoms with Crippen LogP contribution in [0.4, 0.5) is 0 Å².